The van der Waals surface area contributed by atoms with Gasteiger partial charge in [0, 0.05) is 50.7 Å². The fraction of sp³-hybridized carbons (Fsp3) is 0.593. The standard InChI is InChI=1S/C27H36FN3O5/c1-2-36-25(34)11-14-30-16-15-29(18-24(30)33)12-9-20-17-31(13-10-23(20)32)26(27(35)19-7-8-19)21-5-3-4-6-22(21)28/h3-6,9,19,23,26,32H,2,7-8,10-18H2,1H3. The Kier molecular flexibility index (Phi) is 8.87. The van der Waals surface area contributed by atoms with Crippen LogP contribution < -0.4 is 0 Å². The Morgan fingerprint density at radius 2 is 1.94 bits per heavy atom. The molecule has 9 heteroatoms. The monoisotopic (exact) mass is 501 g/mol. The van der Waals surface area contributed by atoms with Gasteiger partial charge in [-0.3, -0.25) is 24.2 Å². The molecule has 1 amide bonds. The molecule has 1 saturated carbocycles. The second kappa shape index (κ2) is 12.1. The first-order chi connectivity index (χ1) is 17.4. The molecular weight excluding hydrogens is 465 g/mol. The van der Waals surface area contributed by atoms with E-state index in [9.17, 15) is 23.9 Å². The number of esters is 1. The van der Waals surface area contributed by atoms with E-state index in [4.69, 9.17) is 4.74 Å². The summed E-state index contributed by atoms with van der Waals surface area (Å²) in [4.78, 5) is 43.0. The average molecular weight is 502 g/mol. The third kappa shape index (κ3) is 6.57. The fourth-order valence-electron chi connectivity index (χ4n) is 4.99. The number of likely N-dealkylation sites (tertiary alicyclic amines) is 1. The number of aliphatic hydroxyl groups excluding tert-OH is 1. The minimum absolute atomic E-state index is 0.0139. The smallest absolute Gasteiger partial charge is 0.307 e. The lowest BCUT2D eigenvalue weighted by Crippen LogP contribution is -2.51. The van der Waals surface area contributed by atoms with Crippen LogP contribution in [0.4, 0.5) is 4.39 Å². The maximum atomic E-state index is 14.7. The Morgan fingerprint density at radius 1 is 1.17 bits per heavy atom. The lowest BCUT2D eigenvalue weighted by molar-refractivity contribution is -0.144. The van der Waals surface area contributed by atoms with E-state index in [-0.39, 0.29) is 42.4 Å². The van der Waals surface area contributed by atoms with Crippen molar-refractivity contribution in [1.29, 1.82) is 0 Å². The number of carbonyl (C=O) groups is 3. The number of halogens is 1. The van der Waals surface area contributed by atoms with Gasteiger partial charge >= 0.3 is 5.97 Å². The number of ether oxygens (including phenoxy) is 1. The molecule has 8 nitrogen and oxygen atoms in total. The molecule has 36 heavy (non-hydrogen) atoms. The Labute approximate surface area is 211 Å². The molecule has 2 saturated heterocycles. The number of nitrogens with zero attached hydrogens (tertiary/aromatic N) is 3. The van der Waals surface area contributed by atoms with E-state index in [2.05, 4.69) is 0 Å². The quantitative estimate of drug-likeness (QED) is 0.387. The lowest BCUT2D eigenvalue weighted by Gasteiger charge is -2.38. The summed E-state index contributed by atoms with van der Waals surface area (Å²) in [6.45, 7) is 5.26. The molecule has 1 aromatic carbocycles. The summed E-state index contributed by atoms with van der Waals surface area (Å²) >= 11 is 0. The number of rotatable bonds is 10. The molecule has 4 rings (SSSR count). The largest absolute Gasteiger partial charge is 0.466 e. The molecule has 2 aliphatic heterocycles. The highest BCUT2D eigenvalue weighted by molar-refractivity contribution is 5.89. The second-order valence-corrected chi connectivity index (χ2v) is 9.83. The number of hydrogen-bond acceptors (Lipinski definition) is 7. The van der Waals surface area contributed by atoms with Crippen molar-refractivity contribution in [3.63, 3.8) is 0 Å². The molecule has 3 fully saturated rings. The number of ketones is 1. The maximum absolute atomic E-state index is 14.7. The van der Waals surface area contributed by atoms with Crippen molar-refractivity contribution >= 4 is 17.7 Å². The van der Waals surface area contributed by atoms with E-state index in [1.807, 2.05) is 15.9 Å². The molecule has 1 aliphatic carbocycles. The van der Waals surface area contributed by atoms with Gasteiger partial charge in [-0.1, -0.05) is 24.3 Å². The zero-order valence-corrected chi connectivity index (χ0v) is 20.9. The minimum Gasteiger partial charge on any atom is -0.466 e. The van der Waals surface area contributed by atoms with Gasteiger partial charge in [-0.15, -0.1) is 0 Å². The molecule has 1 N–H and O–H groups in total. The van der Waals surface area contributed by atoms with Gasteiger partial charge < -0.3 is 14.7 Å². The van der Waals surface area contributed by atoms with Gasteiger partial charge in [0.05, 0.1) is 31.7 Å². The molecule has 2 atom stereocenters. The molecule has 2 unspecified atom stereocenters. The summed E-state index contributed by atoms with van der Waals surface area (Å²) in [5, 5.41) is 10.7. The van der Waals surface area contributed by atoms with Crippen molar-refractivity contribution in [1.82, 2.24) is 14.7 Å². The topological polar surface area (TPSA) is 90.4 Å². The Balaban J connectivity index is 1.37. The highest BCUT2D eigenvalue weighted by Gasteiger charge is 2.41. The summed E-state index contributed by atoms with van der Waals surface area (Å²) in [7, 11) is 0. The number of carbonyl (C=O) groups excluding carboxylic acids is 3. The number of benzene rings is 1. The van der Waals surface area contributed by atoms with Crippen molar-refractivity contribution in [3.05, 3.63) is 47.3 Å². The molecule has 196 valence electrons. The van der Waals surface area contributed by atoms with E-state index in [0.29, 0.717) is 57.9 Å². The zero-order valence-electron chi connectivity index (χ0n) is 20.9. The minimum atomic E-state index is -0.654. The van der Waals surface area contributed by atoms with Crippen LogP contribution in [0.1, 0.15) is 44.2 Å². The Morgan fingerprint density at radius 3 is 2.64 bits per heavy atom. The van der Waals surface area contributed by atoms with Crippen LogP contribution in [0.25, 0.3) is 0 Å². The number of piperazine rings is 1. The van der Waals surface area contributed by atoms with Gasteiger partial charge in [0.15, 0.2) is 5.78 Å². The maximum Gasteiger partial charge on any atom is 0.307 e. The van der Waals surface area contributed by atoms with Crippen LogP contribution in [-0.2, 0) is 19.1 Å². The van der Waals surface area contributed by atoms with Crippen LogP contribution in [0.3, 0.4) is 0 Å². The molecule has 0 bridgehead atoms. The summed E-state index contributed by atoms with van der Waals surface area (Å²) in [6.07, 6.45) is 3.67. The van der Waals surface area contributed by atoms with Gasteiger partial charge in [0.2, 0.25) is 5.91 Å². The molecule has 1 aromatic rings. The lowest BCUT2D eigenvalue weighted by atomic mass is 9.92. The highest BCUT2D eigenvalue weighted by Crippen LogP contribution is 2.39. The molecule has 0 spiro atoms. The van der Waals surface area contributed by atoms with E-state index in [1.165, 1.54) is 6.07 Å². The van der Waals surface area contributed by atoms with Crippen LogP contribution in [-0.4, -0.2) is 96.0 Å². The van der Waals surface area contributed by atoms with Gasteiger partial charge in [-0.05, 0) is 37.8 Å². The molecule has 0 radical (unpaired) electrons. The van der Waals surface area contributed by atoms with Gasteiger partial charge in [0.1, 0.15) is 5.82 Å². The van der Waals surface area contributed by atoms with Crippen LogP contribution in [0.15, 0.2) is 35.9 Å². The second-order valence-electron chi connectivity index (χ2n) is 9.83. The van der Waals surface area contributed by atoms with Crippen molar-refractivity contribution in [2.24, 2.45) is 5.92 Å². The molecular formula is C27H36FN3O5. The Hall–Kier alpha value is -2.62. The number of hydrogen-bond donors (Lipinski definition) is 1. The van der Waals surface area contributed by atoms with Crippen LogP contribution in [0.5, 0.6) is 0 Å². The number of amides is 1. The van der Waals surface area contributed by atoms with Gasteiger partial charge in [0.25, 0.3) is 0 Å². The molecule has 3 aliphatic rings. The predicted molar refractivity (Wildman–Crippen MR) is 131 cm³/mol. The van der Waals surface area contributed by atoms with E-state index in [1.54, 1.807) is 30.0 Å². The first-order valence-electron chi connectivity index (χ1n) is 12.9. The molecule has 0 aromatic heterocycles. The van der Waals surface area contributed by atoms with Gasteiger partial charge in [-0.25, -0.2) is 4.39 Å². The van der Waals surface area contributed by atoms with Gasteiger partial charge in [-0.2, -0.15) is 0 Å². The summed E-state index contributed by atoms with van der Waals surface area (Å²) < 4.78 is 19.6. The normalized spacial score (nSPS) is 23.6. The first-order valence-corrected chi connectivity index (χ1v) is 12.9. The van der Waals surface area contributed by atoms with Crippen LogP contribution in [0.2, 0.25) is 0 Å². The predicted octanol–water partition coefficient (Wildman–Crippen LogP) is 1.94. The summed E-state index contributed by atoms with van der Waals surface area (Å²) in [6, 6.07) is 5.80. The van der Waals surface area contributed by atoms with Crippen molar-refractivity contribution in [2.75, 3.05) is 52.4 Å². The first kappa shape index (κ1) is 26.4. The summed E-state index contributed by atoms with van der Waals surface area (Å²) in [5.74, 6) is -0.681. The highest BCUT2D eigenvalue weighted by atomic mass is 19.1. The average Bonchev–Trinajstić information content (AvgIpc) is 3.71. The number of Topliss-reactive ketones (excluding diaryl/α,β-unsaturated/α-hetero) is 1. The van der Waals surface area contributed by atoms with E-state index < -0.39 is 12.1 Å². The van der Waals surface area contributed by atoms with E-state index >= 15 is 0 Å². The molecule has 2 heterocycles. The van der Waals surface area contributed by atoms with Crippen molar-refractivity contribution in [3.8, 4) is 0 Å². The Bertz CT molecular complexity index is 995. The van der Waals surface area contributed by atoms with Crippen molar-refractivity contribution < 1.29 is 28.6 Å². The third-order valence-electron chi connectivity index (χ3n) is 7.22. The SMILES string of the molecule is CCOC(=O)CCN1CCN(CC=C2CN(C(C(=O)C3CC3)c3ccccc3F)CCC2O)CC1=O. The van der Waals surface area contributed by atoms with Crippen molar-refractivity contribution in [2.45, 2.75) is 44.8 Å². The fourth-order valence-corrected chi connectivity index (χ4v) is 4.99. The third-order valence-corrected chi connectivity index (χ3v) is 7.22. The van der Waals surface area contributed by atoms with E-state index in [0.717, 1.165) is 18.4 Å². The number of piperidine rings is 1. The van der Waals surface area contributed by atoms with Crippen LogP contribution in [0, 0.1) is 11.7 Å². The number of aliphatic hydroxyl groups is 1. The zero-order chi connectivity index (χ0) is 25.7. The summed E-state index contributed by atoms with van der Waals surface area (Å²) in [5.41, 5.74) is 1.19. The van der Waals surface area contributed by atoms with Crippen LogP contribution >= 0.6 is 0 Å².